The normalized spacial score (nSPS) is 13.8. The number of nitrogens with two attached hydrogens (primary N) is 1. The van der Waals surface area contributed by atoms with Gasteiger partial charge in [-0.2, -0.15) is 0 Å². The van der Waals surface area contributed by atoms with Crippen molar-refractivity contribution >= 4 is 21.8 Å². The zero-order valence-electron chi connectivity index (χ0n) is 10.9. The number of amides is 1. The minimum atomic E-state index is -0.188. The van der Waals surface area contributed by atoms with E-state index >= 15 is 0 Å². The van der Waals surface area contributed by atoms with Crippen molar-refractivity contribution in [2.75, 3.05) is 7.11 Å². The third kappa shape index (κ3) is 3.99. The van der Waals surface area contributed by atoms with Crippen LogP contribution in [0, 0.1) is 5.92 Å². The molecule has 0 saturated carbocycles. The van der Waals surface area contributed by atoms with Crippen LogP contribution in [0.5, 0.6) is 5.75 Å². The van der Waals surface area contributed by atoms with E-state index in [0.717, 1.165) is 15.8 Å². The lowest BCUT2D eigenvalue weighted by molar-refractivity contribution is -0.125. The molecule has 2 atom stereocenters. The fourth-order valence-corrected chi connectivity index (χ4v) is 2.00. The molecule has 0 spiro atoms. The van der Waals surface area contributed by atoms with Crippen molar-refractivity contribution in [3.8, 4) is 5.75 Å². The highest BCUT2D eigenvalue weighted by Crippen LogP contribution is 2.25. The maximum absolute atomic E-state index is 11.7. The molecule has 3 N–H and O–H groups in total. The molecule has 0 bridgehead atoms. The van der Waals surface area contributed by atoms with Crippen molar-refractivity contribution in [3.05, 3.63) is 28.2 Å². The van der Waals surface area contributed by atoms with Crippen LogP contribution in [-0.2, 0) is 11.3 Å². The fourth-order valence-electron chi connectivity index (χ4n) is 1.41. The number of hydrogen-bond donors (Lipinski definition) is 2. The first-order chi connectivity index (χ1) is 8.45. The lowest BCUT2D eigenvalue weighted by Crippen LogP contribution is -2.38. The molecule has 2 unspecified atom stereocenters. The number of rotatable bonds is 5. The Morgan fingerprint density at radius 2 is 2.17 bits per heavy atom. The third-order valence-corrected chi connectivity index (χ3v) is 3.50. The molecule has 4 nitrogen and oxygen atoms in total. The van der Waals surface area contributed by atoms with Crippen molar-refractivity contribution in [3.63, 3.8) is 0 Å². The number of hydrogen-bond acceptors (Lipinski definition) is 3. The second-order valence-corrected chi connectivity index (χ2v) is 5.19. The first-order valence-corrected chi connectivity index (χ1v) is 6.60. The maximum Gasteiger partial charge on any atom is 0.224 e. The van der Waals surface area contributed by atoms with Gasteiger partial charge >= 0.3 is 0 Å². The standard InChI is InChI=1S/C13H19BrN2O2/c1-8(9(2)15)13(17)16-7-10-4-5-12(18-3)11(14)6-10/h4-6,8-9H,7,15H2,1-3H3,(H,16,17). The Hall–Kier alpha value is -1.07. The van der Waals surface area contributed by atoms with Crippen molar-refractivity contribution in [2.24, 2.45) is 11.7 Å². The molecule has 0 aliphatic rings. The van der Waals surface area contributed by atoms with E-state index in [9.17, 15) is 4.79 Å². The summed E-state index contributed by atoms with van der Waals surface area (Å²) in [5.41, 5.74) is 6.69. The highest BCUT2D eigenvalue weighted by molar-refractivity contribution is 9.10. The molecule has 0 fully saturated rings. The van der Waals surface area contributed by atoms with Gasteiger partial charge in [0.25, 0.3) is 0 Å². The average Bonchev–Trinajstić information content (AvgIpc) is 2.35. The van der Waals surface area contributed by atoms with Crippen LogP contribution in [-0.4, -0.2) is 19.1 Å². The Morgan fingerprint density at radius 3 is 2.67 bits per heavy atom. The van der Waals surface area contributed by atoms with Gasteiger partial charge in [0.15, 0.2) is 0 Å². The largest absolute Gasteiger partial charge is 0.496 e. The van der Waals surface area contributed by atoms with Gasteiger partial charge in [-0.05, 0) is 40.5 Å². The first-order valence-electron chi connectivity index (χ1n) is 5.81. The number of ether oxygens (including phenoxy) is 1. The molecular weight excluding hydrogens is 296 g/mol. The number of carbonyl (C=O) groups is 1. The van der Waals surface area contributed by atoms with Crippen LogP contribution >= 0.6 is 15.9 Å². The first kappa shape index (κ1) is 15.0. The number of halogens is 1. The van der Waals surface area contributed by atoms with Gasteiger partial charge in [-0.15, -0.1) is 0 Å². The van der Waals surface area contributed by atoms with Gasteiger partial charge in [-0.25, -0.2) is 0 Å². The molecule has 1 amide bonds. The van der Waals surface area contributed by atoms with Crippen LogP contribution in [0.25, 0.3) is 0 Å². The lowest BCUT2D eigenvalue weighted by atomic mass is 10.0. The van der Waals surface area contributed by atoms with Crippen molar-refractivity contribution in [1.82, 2.24) is 5.32 Å². The van der Waals surface area contributed by atoms with Crippen LogP contribution < -0.4 is 15.8 Å². The lowest BCUT2D eigenvalue weighted by Gasteiger charge is -2.15. The zero-order chi connectivity index (χ0) is 13.7. The van der Waals surface area contributed by atoms with Crippen LogP contribution in [0.2, 0.25) is 0 Å². The summed E-state index contributed by atoms with van der Waals surface area (Å²) >= 11 is 3.41. The van der Waals surface area contributed by atoms with Gasteiger partial charge in [0.05, 0.1) is 11.6 Å². The summed E-state index contributed by atoms with van der Waals surface area (Å²) in [4.78, 5) is 11.7. The quantitative estimate of drug-likeness (QED) is 0.874. The molecule has 0 saturated heterocycles. The zero-order valence-corrected chi connectivity index (χ0v) is 12.5. The molecule has 100 valence electrons. The number of nitrogens with one attached hydrogen (secondary N) is 1. The summed E-state index contributed by atoms with van der Waals surface area (Å²) < 4.78 is 6.02. The molecule has 1 rings (SSSR count). The van der Waals surface area contributed by atoms with Crippen LogP contribution in [0.3, 0.4) is 0 Å². The second-order valence-electron chi connectivity index (χ2n) is 4.33. The Balaban J connectivity index is 2.59. The minimum Gasteiger partial charge on any atom is -0.496 e. The summed E-state index contributed by atoms with van der Waals surface area (Å²) in [5, 5.41) is 2.86. The highest BCUT2D eigenvalue weighted by Gasteiger charge is 2.16. The van der Waals surface area contributed by atoms with Crippen LogP contribution in [0.4, 0.5) is 0 Å². The molecule has 5 heteroatoms. The minimum absolute atomic E-state index is 0.0306. The van der Waals surface area contributed by atoms with Gasteiger partial charge in [0, 0.05) is 18.5 Å². The number of benzene rings is 1. The molecule has 0 aliphatic heterocycles. The monoisotopic (exact) mass is 314 g/mol. The average molecular weight is 315 g/mol. The predicted octanol–water partition coefficient (Wildman–Crippen LogP) is 2.06. The summed E-state index contributed by atoms with van der Waals surface area (Å²) in [5.74, 6) is 0.553. The summed E-state index contributed by atoms with van der Waals surface area (Å²) in [6.07, 6.45) is 0. The third-order valence-electron chi connectivity index (χ3n) is 2.89. The van der Waals surface area contributed by atoms with E-state index in [-0.39, 0.29) is 17.9 Å². The predicted molar refractivity (Wildman–Crippen MR) is 75.4 cm³/mol. The van der Waals surface area contributed by atoms with Crippen LogP contribution in [0.1, 0.15) is 19.4 Å². The summed E-state index contributed by atoms with van der Waals surface area (Å²) in [6.45, 7) is 4.14. The van der Waals surface area contributed by atoms with Gasteiger partial charge in [0.1, 0.15) is 5.75 Å². The van der Waals surface area contributed by atoms with Gasteiger partial charge in [-0.3, -0.25) is 4.79 Å². The van der Waals surface area contributed by atoms with Crippen molar-refractivity contribution < 1.29 is 9.53 Å². The number of methoxy groups -OCH3 is 1. The molecule has 18 heavy (non-hydrogen) atoms. The van der Waals surface area contributed by atoms with E-state index in [1.807, 2.05) is 32.0 Å². The fraction of sp³-hybridized carbons (Fsp3) is 0.462. The molecule has 0 heterocycles. The van der Waals surface area contributed by atoms with E-state index < -0.39 is 0 Å². The molecule has 1 aromatic rings. The van der Waals surface area contributed by atoms with Crippen molar-refractivity contribution in [2.45, 2.75) is 26.4 Å². The maximum atomic E-state index is 11.7. The molecule has 0 radical (unpaired) electrons. The second kappa shape index (κ2) is 6.75. The van der Waals surface area contributed by atoms with Gasteiger partial charge in [-0.1, -0.05) is 13.0 Å². The van der Waals surface area contributed by atoms with Crippen LogP contribution in [0.15, 0.2) is 22.7 Å². The SMILES string of the molecule is COc1ccc(CNC(=O)C(C)C(C)N)cc1Br. The van der Waals surface area contributed by atoms with E-state index in [1.165, 1.54) is 0 Å². The van der Waals surface area contributed by atoms with E-state index in [0.29, 0.717) is 6.54 Å². The van der Waals surface area contributed by atoms with Gasteiger partial charge in [0.2, 0.25) is 5.91 Å². The van der Waals surface area contributed by atoms with E-state index in [1.54, 1.807) is 7.11 Å². The smallest absolute Gasteiger partial charge is 0.224 e. The summed E-state index contributed by atoms with van der Waals surface area (Å²) in [7, 11) is 1.62. The Labute approximate surface area is 116 Å². The van der Waals surface area contributed by atoms with Gasteiger partial charge < -0.3 is 15.8 Å². The number of carbonyl (C=O) groups excluding carboxylic acids is 1. The molecule has 0 aliphatic carbocycles. The molecule has 0 aromatic heterocycles. The van der Waals surface area contributed by atoms with E-state index in [2.05, 4.69) is 21.2 Å². The highest BCUT2D eigenvalue weighted by atomic mass is 79.9. The topological polar surface area (TPSA) is 64.3 Å². The van der Waals surface area contributed by atoms with Crippen molar-refractivity contribution in [1.29, 1.82) is 0 Å². The Morgan fingerprint density at radius 1 is 1.50 bits per heavy atom. The molecular formula is C13H19BrN2O2. The Bertz CT molecular complexity index is 421. The molecule has 1 aromatic carbocycles. The Kier molecular flexibility index (Phi) is 5.62. The van der Waals surface area contributed by atoms with E-state index in [4.69, 9.17) is 10.5 Å². The summed E-state index contributed by atoms with van der Waals surface area (Å²) in [6, 6.07) is 5.56.